The predicted octanol–water partition coefficient (Wildman–Crippen LogP) is 4.09. The Morgan fingerprint density at radius 1 is 1.05 bits per heavy atom. The zero-order valence-corrected chi connectivity index (χ0v) is 21.4. The van der Waals surface area contributed by atoms with E-state index in [1.165, 1.54) is 21.8 Å². The average molecular weight is 515 g/mol. The molecule has 2 amide bonds. The standard InChI is InChI=1S/C28H30N6O4/c1-18-7-12-22(13-8-18)34(25(36)17-33-31-27(30-32-33)24-16-9-19(2)38-24)26(20-10-14-23(35)15-11-20)28(37)29-21-5-3-4-6-21/h7-16,21,26,35H,3-6,17H2,1-2H3,(H,29,37)/t26-/m0/s1. The van der Waals surface area contributed by atoms with Gasteiger partial charge in [0.15, 0.2) is 5.76 Å². The van der Waals surface area contributed by atoms with Gasteiger partial charge in [0.1, 0.15) is 24.1 Å². The average Bonchev–Trinajstić information content (AvgIpc) is 3.67. The topological polar surface area (TPSA) is 126 Å². The van der Waals surface area contributed by atoms with Gasteiger partial charge in [0, 0.05) is 11.7 Å². The molecule has 1 aliphatic rings. The fraction of sp³-hybridized carbons (Fsp3) is 0.321. The number of tetrazole rings is 1. The molecule has 10 heteroatoms. The van der Waals surface area contributed by atoms with E-state index in [0.29, 0.717) is 22.8 Å². The third kappa shape index (κ3) is 5.59. The van der Waals surface area contributed by atoms with Crippen molar-refractivity contribution < 1.29 is 19.1 Å². The van der Waals surface area contributed by atoms with Crippen LogP contribution in [0.1, 0.15) is 48.6 Å². The normalized spacial score (nSPS) is 14.4. The number of aryl methyl sites for hydroxylation is 2. The van der Waals surface area contributed by atoms with Crippen molar-refractivity contribution in [1.29, 1.82) is 0 Å². The Morgan fingerprint density at radius 2 is 1.76 bits per heavy atom. The van der Waals surface area contributed by atoms with Crippen LogP contribution >= 0.6 is 0 Å². The van der Waals surface area contributed by atoms with Gasteiger partial charge in [0.05, 0.1) is 0 Å². The first-order chi connectivity index (χ1) is 18.4. The van der Waals surface area contributed by atoms with Crippen molar-refractivity contribution in [2.75, 3.05) is 4.90 Å². The van der Waals surface area contributed by atoms with Crippen molar-refractivity contribution in [3.63, 3.8) is 0 Å². The van der Waals surface area contributed by atoms with Crippen molar-refractivity contribution >= 4 is 17.5 Å². The molecule has 2 aromatic heterocycles. The molecular weight excluding hydrogens is 484 g/mol. The fourth-order valence-electron chi connectivity index (χ4n) is 4.73. The minimum Gasteiger partial charge on any atom is -0.508 e. The van der Waals surface area contributed by atoms with Crippen molar-refractivity contribution in [2.24, 2.45) is 0 Å². The van der Waals surface area contributed by atoms with Crippen molar-refractivity contribution in [3.8, 4) is 17.3 Å². The maximum absolute atomic E-state index is 13.9. The van der Waals surface area contributed by atoms with E-state index in [4.69, 9.17) is 4.42 Å². The van der Waals surface area contributed by atoms with Crippen LogP contribution in [0.3, 0.4) is 0 Å². The summed E-state index contributed by atoms with van der Waals surface area (Å²) in [6.07, 6.45) is 3.94. The number of hydrogen-bond acceptors (Lipinski definition) is 7. The molecule has 1 saturated carbocycles. The molecule has 1 aliphatic carbocycles. The molecule has 2 aromatic carbocycles. The molecule has 0 unspecified atom stereocenters. The summed E-state index contributed by atoms with van der Waals surface area (Å²) in [6.45, 7) is 3.53. The number of phenols is 1. The van der Waals surface area contributed by atoms with Crippen LogP contribution in [0.15, 0.2) is 65.1 Å². The first-order valence-electron chi connectivity index (χ1n) is 12.7. The van der Waals surface area contributed by atoms with Gasteiger partial charge in [-0.1, -0.05) is 42.7 Å². The third-order valence-electron chi connectivity index (χ3n) is 6.69. The number of aromatic hydroxyl groups is 1. The van der Waals surface area contributed by atoms with Gasteiger partial charge < -0.3 is 14.8 Å². The van der Waals surface area contributed by atoms with E-state index in [1.54, 1.807) is 24.3 Å². The smallest absolute Gasteiger partial charge is 0.251 e. The maximum atomic E-state index is 13.9. The van der Waals surface area contributed by atoms with Gasteiger partial charge in [0.2, 0.25) is 11.7 Å². The number of amides is 2. The molecule has 0 radical (unpaired) electrons. The van der Waals surface area contributed by atoms with Crippen molar-refractivity contribution in [1.82, 2.24) is 25.5 Å². The van der Waals surface area contributed by atoms with Gasteiger partial charge in [0.25, 0.3) is 5.91 Å². The van der Waals surface area contributed by atoms with Gasteiger partial charge in [-0.15, -0.1) is 10.2 Å². The number of nitrogens with one attached hydrogen (secondary N) is 1. The summed E-state index contributed by atoms with van der Waals surface area (Å²) in [5.41, 5.74) is 2.15. The molecule has 10 nitrogen and oxygen atoms in total. The number of carbonyl (C=O) groups is 2. The van der Waals surface area contributed by atoms with E-state index in [1.807, 2.05) is 38.1 Å². The number of phenolic OH excluding ortho intramolecular Hbond substituents is 1. The van der Waals surface area contributed by atoms with E-state index in [0.717, 1.165) is 31.2 Å². The minimum absolute atomic E-state index is 0.0633. The Labute approximate surface area is 220 Å². The quantitative estimate of drug-likeness (QED) is 0.363. The minimum atomic E-state index is -0.970. The number of furan rings is 1. The van der Waals surface area contributed by atoms with Crippen LogP contribution in [0.4, 0.5) is 5.69 Å². The number of nitrogens with zero attached hydrogens (tertiary/aromatic N) is 5. The van der Waals surface area contributed by atoms with E-state index < -0.39 is 11.9 Å². The highest BCUT2D eigenvalue weighted by atomic mass is 16.3. The summed E-state index contributed by atoms with van der Waals surface area (Å²) in [4.78, 5) is 30.4. The molecular formula is C28H30N6O4. The zero-order valence-electron chi connectivity index (χ0n) is 21.4. The van der Waals surface area contributed by atoms with E-state index in [2.05, 4.69) is 20.7 Å². The molecule has 0 aliphatic heterocycles. The lowest BCUT2D eigenvalue weighted by Gasteiger charge is -2.32. The van der Waals surface area contributed by atoms with E-state index >= 15 is 0 Å². The lowest BCUT2D eigenvalue weighted by atomic mass is 10.0. The summed E-state index contributed by atoms with van der Waals surface area (Å²) in [5, 5.41) is 25.4. The third-order valence-corrected chi connectivity index (χ3v) is 6.69. The van der Waals surface area contributed by atoms with E-state index in [-0.39, 0.29) is 30.1 Å². The molecule has 5 rings (SSSR count). The number of carbonyl (C=O) groups excluding carboxylic acids is 2. The summed E-state index contributed by atoms with van der Waals surface area (Å²) < 4.78 is 5.57. The van der Waals surface area contributed by atoms with Crippen LogP contribution in [-0.2, 0) is 16.1 Å². The molecule has 196 valence electrons. The highest BCUT2D eigenvalue weighted by Crippen LogP contribution is 2.31. The monoisotopic (exact) mass is 514 g/mol. The largest absolute Gasteiger partial charge is 0.508 e. The van der Waals surface area contributed by atoms with Crippen molar-refractivity contribution in [2.45, 2.75) is 58.2 Å². The lowest BCUT2D eigenvalue weighted by Crippen LogP contribution is -2.47. The summed E-state index contributed by atoms with van der Waals surface area (Å²) in [7, 11) is 0. The molecule has 4 aromatic rings. The van der Waals surface area contributed by atoms with Crippen LogP contribution in [-0.4, -0.2) is 43.2 Å². The molecule has 0 spiro atoms. The Kier molecular flexibility index (Phi) is 7.21. The molecule has 0 saturated heterocycles. The second-order valence-corrected chi connectivity index (χ2v) is 9.64. The Balaban J connectivity index is 1.50. The molecule has 1 atom stereocenters. The van der Waals surface area contributed by atoms with Gasteiger partial charge in [-0.3, -0.25) is 14.5 Å². The first kappa shape index (κ1) is 25.2. The Hall–Kier alpha value is -4.47. The molecule has 38 heavy (non-hydrogen) atoms. The number of rotatable bonds is 8. The number of anilines is 1. The highest BCUT2D eigenvalue weighted by molar-refractivity contribution is 6.01. The number of hydrogen-bond donors (Lipinski definition) is 2. The Bertz CT molecular complexity index is 1400. The molecule has 2 N–H and O–H groups in total. The van der Waals surface area contributed by atoms with Crippen LogP contribution < -0.4 is 10.2 Å². The lowest BCUT2D eigenvalue weighted by molar-refractivity contribution is -0.127. The second kappa shape index (κ2) is 10.9. The maximum Gasteiger partial charge on any atom is 0.251 e. The SMILES string of the molecule is Cc1ccc(N(C(=O)Cn2nnc(-c3ccc(C)o3)n2)[C@H](C(=O)NC2CCCC2)c2ccc(O)cc2)cc1. The molecule has 2 heterocycles. The zero-order chi connectivity index (χ0) is 26.6. The van der Waals surface area contributed by atoms with Gasteiger partial charge in [-0.25, -0.2) is 0 Å². The fourth-order valence-corrected chi connectivity index (χ4v) is 4.73. The predicted molar refractivity (Wildman–Crippen MR) is 140 cm³/mol. The van der Waals surface area contributed by atoms with E-state index in [9.17, 15) is 14.7 Å². The highest BCUT2D eigenvalue weighted by Gasteiger charge is 2.34. The van der Waals surface area contributed by atoms with Gasteiger partial charge >= 0.3 is 0 Å². The van der Waals surface area contributed by atoms with Gasteiger partial charge in [-0.05, 0) is 73.9 Å². The van der Waals surface area contributed by atoms with Gasteiger partial charge in [-0.2, -0.15) is 4.80 Å². The summed E-state index contributed by atoms with van der Waals surface area (Å²) in [6, 6.07) is 16.4. The van der Waals surface area contributed by atoms with Crippen LogP contribution in [0.25, 0.3) is 11.6 Å². The summed E-state index contributed by atoms with van der Waals surface area (Å²) in [5.74, 6) is 0.826. The molecule has 0 bridgehead atoms. The van der Waals surface area contributed by atoms with Crippen LogP contribution in [0.2, 0.25) is 0 Å². The molecule has 1 fully saturated rings. The second-order valence-electron chi connectivity index (χ2n) is 9.64. The Morgan fingerprint density at radius 3 is 2.42 bits per heavy atom. The van der Waals surface area contributed by atoms with Crippen LogP contribution in [0.5, 0.6) is 5.75 Å². The first-order valence-corrected chi connectivity index (χ1v) is 12.7. The number of aromatic nitrogens is 4. The van der Waals surface area contributed by atoms with Crippen molar-refractivity contribution in [3.05, 3.63) is 77.6 Å². The summed E-state index contributed by atoms with van der Waals surface area (Å²) >= 11 is 0. The van der Waals surface area contributed by atoms with Crippen LogP contribution in [0, 0.1) is 13.8 Å². The number of benzene rings is 2.